The highest BCUT2D eigenvalue weighted by Gasteiger charge is 2.08. The molecule has 19 heavy (non-hydrogen) atoms. The first kappa shape index (κ1) is 13.7. The lowest BCUT2D eigenvalue weighted by Crippen LogP contribution is -2.12. The molecule has 0 spiro atoms. The molecule has 2 rings (SSSR count). The van der Waals surface area contributed by atoms with Crippen molar-refractivity contribution in [2.24, 2.45) is 7.05 Å². The van der Waals surface area contributed by atoms with E-state index in [-0.39, 0.29) is 0 Å². The van der Waals surface area contributed by atoms with Crippen molar-refractivity contribution in [2.75, 3.05) is 11.9 Å². The van der Waals surface area contributed by atoms with E-state index < -0.39 is 0 Å². The number of anilines is 1. The van der Waals surface area contributed by atoms with Crippen LogP contribution in [0.1, 0.15) is 24.1 Å². The third kappa shape index (κ3) is 3.20. The molecule has 0 aromatic carbocycles. The highest BCUT2D eigenvalue weighted by Crippen LogP contribution is 2.19. The number of aromatic nitrogens is 5. The molecule has 0 saturated carbocycles. The van der Waals surface area contributed by atoms with E-state index in [2.05, 4.69) is 25.5 Å². The highest BCUT2D eigenvalue weighted by atomic mass is 35.5. The Bertz CT molecular complexity index is 565. The van der Waals surface area contributed by atoms with Crippen LogP contribution in [0.4, 0.5) is 5.82 Å². The van der Waals surface area contributed by atoms with Crippen LogP contribution in [-0.2, 0) is 19.9 Å². The Hall–Kier alpha value is -1.69. The number of rotatable bonds is 5. The van der Waals surface area contributed by atoms with Gasteiger partial charge in [-0.2, -0.15) is 0 Å². The Labute approximate surface area is 117 Å². The fourth-order valence-electron chi connectivity index (χ4n) is 1.69. The normalized spacial score (nSPS) is 10.7. The second kappa shape index (κ2) is 5.97. The maximum atomic E-state index is 6.08. The van der Waals surface area contributed by atoms with Gasteiger partial charge in [0.25, 0.3) is 0 Å². The van der Waals surface area contributed by atoms with Crippen LogP contribution < -0.4 is 5.32 Å². The molecule has 0 aliphatic rings. The van der Waals surface area contributed by atoms with Crippen LogP contribution in [0, 0.1) is 6.92 Å². The maximum absolute atomic E-state index is 6.08. The van der Waals surface area contributed by atoms with Crippen LogP contribution in [0.3, 0.4) is 0 Å². The molecule has 0 saturated heterocycles. The van der Waals surface area contributed by atoms with Crippen molar-refractivity contribution >= 4 is 17.4 Å². The molecule has 0 aliphatic heterocycles. The lowest BCUT2D eigenvalue weighted by Gasteiger charge is -2.10. The van der Waals surface area contributed by atoms with E-state index in [1.807, 2.05) is 25.5 Å². The minimum Gasteiger partial charge on any atom is -0.369 e. The lowest BCUT2D eigenvalue weighted by atomic mass is 10.3. The number of aryl methyl sites for hydroxylation is 2. The second-order valence-electron chi connectivity index (χ2n) is 4.29. The van der Waals surface area contributed by atoms with Crippen LogP contribution >= 0.6 is 11.6 Å². The molecule has 0 fully saturated rings. The Balaban J connectivity index is 2.03. The Morgan fingerprint density at radius 3 is 2.79 bits per heavy atom. The van der Waals surface area contributed by atoms with Gasteiger partial charge in [0.05, 0.1) is 0 Å². The van der Waals surface area contributed by atoms with E-state index >= 15 is 0 Å². The number of nitrogens with zero attached hydrogens (tertiary/aromatic N) is 5. The summed E-state index contributed by atoms with van der Waals surface area (Å²) in [6.45, 7) is 4.64. The smallest absolute Gasteiger partial charge is 0.137 e. The van der Waals surface area contributed by atoms with Crippen LogP contribution in [0.25, 0.3) is 0 Å². The summed E-state index contributed by atoms with van der Waals surface area (Å²) < 4.78 is 1.90. The van der Waals surface area contributed by atoms with Crippen molar-refractivity contribution in [3.8, 4) is 0 Å². The monoisotopic (exact) mass is 280 g/mol. The number of hydrogen-bond acceptors (Lipinski definition) is 5. The zero-order valence-electron chi connectivity index (χ0n) is 11.3. The minimum absolute atomic E-state index is 0.507. The first-order chi connectivity index (χ1) is 9.11. The van der Waals surface area contributed by atoms with Crippen LogP contribution in [0.2, 0.25) is 5.15 Å². The van der Waals surface area contributed by atoms with E-state index in [0.29, 0.717) is 5.15 Å². The van der Waals surface area contributed by atoms with E-state index in [1.165, 1.54) is 0 Å². The van der Waals surface area contributed by atoms with Gasteiger partial charge in [-0.3, -0.25) is 0 Å². The summed E-state index contributed by atoms with van der Waals surface area (Å²) in [6, 6.07) is 0. The molecule has 0 bridgehead atoms. The van der Waals surface area contributed by atoms with Gasteiger partial charge in [0.15, 0.2) is 0 Å². The fraction of sp³-hybridized carbons (Fsp3) is 0.500. The third-order valence-electron chi connectivity index (χ3n) is 2.90. The van der Waals surface area contributed by atoms with Crippen LogP contribution in [0.5, 0.6) is 0 Å². The average molecular weight is 281 g/mol. The van der Waals surface area contributed by atoms with Crippen molar-refractivity contribution in [1.82, 2.24) is 24.7 Å². The lowest BCUT2D eigenvalue weighted by molar-refractivity contribution is 0.785. The molecule has 102 valence electrons. The van der Waals surface area contributed by atoms with Gasteiger partial charge >= 0.3 is 0 Å². The molecule has 2 heterocycles. The predicted octanol–water partition coefficient (Wildman–Crippen LogP) is 1.78. The standard InChI is InChI=1S/C12H17ClN6/c1-4-9-16-11(13)8(2)12(17-9)14-6-5-10-18-15-7-19(10)3/h7H,4-6H2,1-3H3,(H,14,16,17). The van der Waals surface area contributed by atoms with E-state index in [0.717, 1.165) is 42.4 Å². The van der Waals surface area contributed by atoms with E-state index in [9.17, 15) is 0 Å². The number of halogens is 1. The Morgan fingerprint density at radius 2 is 2.16 bits per heavy atom. The SMILES string of the molecule is CCc1nc(Cl)c(C)c(NCCc2nncn2C)n1. The van der Waals surface area contributed by atoms with Gasteiger partial charge in [0, 0.05) is 32.0 Å². The summed E-state index contributed by atoms with van der Waals surface area (Å²) in [6.07, 6.45) is 3.23. The second-order valence-corrected chi connectivity index (χ2v) is 4.65. The van der Waals surface area contributed by atoms with Gasteiger partial charge in [0.2, 0.25) is 0 Å². The van der Waals surface area contributed by atoms with Gasteiger partial charge in [0.1, 0.15) is 28.9 Å². The first-order valence-electron chi connectivity index (χ1n) is 6.21. The number of nitrogens with one attached hydrogen (secondary N) is 1. The van der Waals surface area contributed by atoms with Crippen molar-refractivity contribution in [3.05, 3.63) is 28.7 Å². The van der Waals surface area contributed by atoms with E-state index in [4.69, 9.17) is 11.6 Å². The summed E-state index contributed by atoms with van der Waals surface area (Å²) in [5.41, 5.74) is 0.872. The molecular weight excluding hydrogens is 264 g/mol. The molecular formula is C12H17ClN6. The topological polar surface area (TPSA) is 68.5 Å². The summed E-state index contributed by atoms with van der Waals surface area (Å²) in [5.74, 6) is 2.47. The molecule has 0 unspecified atom stereocenters. The first-order valence-corrected chi connectivity index (χ1v) is 6.59. The Morgan fingerprint density at radius 1 is 1.37 bits per heavy atom. The van der Waals surface area contributed by atoms with Crippen molar-refractivity contribution in [3.63, 3.8) is 0 Å². The maximum Gasteiger partial charge on any atom is 0.137 e. The zero-order chi connectivity index (χ0) is 13.8. The van der Waals surface area contributed by atoms with Gasteiger partial charge in [-0.1, -0.05) is 18.5 Å². The minimum atomic E-state index is 0.507. The molecule has 1 N–H and O–H groups in total. The largest absolute Gasteiger partial charge is 0.369 e. The highest BCUT2D eigenvalue weighted by molar-refractivity contribution is 6.30. The molecule has 7 heteroatoms. The summed E-state index contributed by atoms with van der Waals surface area (Å²) in [5, 5.41) is 11.7. The zero-order valence-corrected chi connectivity index (χ0v) is 12.1. The summed E-state index contributed by atoms with van der Waals surface area (Å²) in [7, 11) is 1.93. The van der Waals surface area contributed by atoms with Gasteiger partial charge in [-0.05, 0) is 6.92 Å². The molecule has 6 nitrogen and oxygen atoms in total. The van der Waals surface area contributed by atoms with E-state index in [1.54, 1.807) is 6.33 Å². The molecule has 2 aromatic heterocycles. The van der Waals surface area contributed by atoms with Crippen molar-refractivity contribution < 1.29 is 0 Å². The van der Waals surface area contributed by atoms with Gasteiger partial charge in [-0.25, -0.2) is 9.97 Å². The molecule has 2 aromatic rings. The van der Waals surface area contributed by atoms with Crippen molar-refractivity contribution in [1.29, 1.82) is 0 Å². The molecule has 0 aliphatic carbocycles. The van der Waals surface area contributed by atoms with Crippen molar-refractivity contribution in [2.45, 2.75) is 26.7 Å². The average Bonchev–Trinajstić information content (AvgIpc) is 2.80. The van der Waals surface area contributed by atoms with Gasteiger partial charge in [-0.15, -0.1) is 10.2 Å². The fourth-order valence-corrected chi connectivity index (χ4v) is 1.88. The summed E-state index contributed by atoms with van der Waals surface area (Å²) >= 11 is 6.08. The van der Waals surface area contributed by atoms with Crippen LogP contribution in [-0.4, -0.2) is 31.3 Å². The summed E-state index contributed by atoms with van der Waals surface area (Å²) in [4.78, 5) is 8.66. The molecule has 0 atom stereocenters. The molecule has 0 amide bonds. The van der Waals surface area contributed by atoms with Crippen LogP contribution in [0.15, 0.2) is 6.33 Å². The number of hydrogen-bond donors (Lipinski definition) is 1. The predicted molar refractivity (Wildman–Crippen MR) is 74.4 cm³/mol. The molecule has 0 radical (unpaired) electrons. The third-order valence-corrected chi connectivity index (χ3v) is 3.26. The van der Waals surface area contributed by atoms with Gasteiger partial charge < -0.3 is 9.88 Å². The quantitative estimate of drug-likeness (QED) is 0.846. The Kier molecular flexibility index (Phi) is 4.31.